The number of rotatable bonds is 1. The van der Waals surface area contributed by atoms with Crippen molar-refractivity contribution < 1.29 is 0 Å². The van der Waals surface area contributed by atoms with E-state index < -0.39 is 0 Å². The van der Waals surface area contributed by atoms with Crippen molar-refractivity contribution in [3.63, 3.8) is 0 Å². The highest BCUT2D eigenvalue weighted by atomic mass is 14.7. The number of pyridine rings is 1. The minimum Gasteiger partial charge on any atom is -0.398 e. The number of hydrogen-bond donors (Lipinski definition) is 1. The lowest BCUT2D eigenvalue weighted by molar-refractivity contribution is 0.398. The Balaban J connectivity index is 1.99. The molecule has 2 bridgehead atoms. The maximum atomic E-state index is 6.52. The highest BCUT2D eigenvalue weighted by Crippen LogP contribution is 2.48. The Labute approximate surface area is 119 Å². The monoisotopic (exact) mass is 264 g/mol. The van der Waals surface area contributed by atoms with Crippen LogP contribution in [0.5, 0.6) is 0 Å². The van der Waals surface area contributed by atoms with Gasteiger partial charge in [-0.05, 0) is 37.7 Å². The van der Waals surface area contributed by atoms with Crippen molar-refractivity contribution in [3.8, 4) is 0 Å². The standard InChI is InChI=1S/C18H20N2/c1-2-12-8-7-11-9-14(12)17-16(10-11)20-15-6-4-3-5-13(15)18(17)19/h3-6,8,11,14H,2,7,9-10H2,1H3,(H2,19,20)/t11-,14-/m1/s1. The minimum atomic E-state index is 0.514. The molecular weight excluding hydrogens is 244 g/mol. The summed E-state index contributed by atoms with van der Waals surface area (Å²) >= 11 is 0. The number of fused-ring (bicyclic) bond motifs is 5. The third kappa shape index (κ3) is 1.60. The Hall–Kier alpha value is -1.83. The zero-order valence-electron chi connectivity index (χ0n) is 11.9. The maximum Gasteiger partial charge on any atom is 0.0726 e. The highest BCUT2D eigenvalue weighted by Gasteiger charge is 2.34. The molecule has 1 aromatic heterocycles. The molecule has 2 aromatic rings. The van der Waals surface area contributed by atoms with Gasteiger partial charge >= 0.3 is 0 Å². The van der Waals surface area contributed by atoms with Gasteiger partial charge in [0.15, 0.2) is 0 Å². The number of hydrogen-bond acceptors (Lipinski definition) is 2. The van der Waals surface area contributed by atoms with Gasteiger partial charge < -0.3 is 5.73 Å². The molecule has 4 rings (SSSR count). The number of para-hydroxylation sites is 1. The van der Waals surface area contributed by atoms with Gasteiger partial charge in [0.1, 0.15) is 0 Å². The van der Waals surface area contributed by atoms with Gasteiger partial charge in [-0.25, -0.2) is 0 Å². The van der Waals surface area contributed by atoms with Gasteiger partial charge in [0.25, 0.3) is 0 Å². The lowest BCUT2D eigenvalue weighted by atomic mass is 9.69. The highest BCUT2D eigenvalue weighted by molar-refractivity contribution is 5.92. The van der Waals surface area contributed by atoms with Crippen molar-refractivity contribution in [2.75, 3.05) is 5.73 Å². The molecule has 0 fully saturated rings. The number of nitrogen functional groups attached to an aromatic ring is 1. The van der Waals surface area contributed by atoms with Gasteiger partial charge in [0.2, 0.25) is 0 Å². The van der Waals surface area contributed by atoms with E-state index in [1.54, 1.807) is 5.57 Å². The van der Waals surface area contributed by atoms with E-state index in [0.717, 1.165) is 35.3 Å². The zero-order valence-corrected chi connectivity index (χ0v) is 11.9. The van der Waals surface area contributed by atoms with Crippen LogP contribution in [-0.2, 0) is 6.42 Å². The fourth-order valence-electron chi connectivity index (χ4n) is 4.02. The lowest BCUT2D eigenvalue weighted by Gasteiger charge is -2.37. The van der Waals surface area contributed by atoms with Crippen LogP contribution in [0.15, 0.2) is 35.9 Å². The van der Waals surface area contributed by atoms with Crippen LogP contribution in [0.3, 0.4) is 0 Å². The first-order valence-corrected chi connectivity index (χ1v) is 7.63. The van der Waals surface area contributed by atoms with Gasteiger partial charge in [-0.15, -0.1) is 0 Å². The quantitative estimate of drug-likeness (QED) is 0.784. The third-order valence-electron chi connectivity index (χ3n) is 5.02. The average molecular weight is 264 g/mol. The second kappa shape index (κ2) is 4.34. The van der Waals surface area contributed by atoms with Gasteiger partial charge in [-0.2, -0.15) is 0 Å². The van der Waals surface area contributed by atoms with E-state index >= 15 is 0 Å². The van der Waals surface area contributed by atoms with Gasteiger partial charge in [-0.1, -0.05) is 36.8 Å². The summed E-state index contributed by atoms with van der Waals surface area (Å²) in [6.07, 6.45) is 7.15. The van der Waals surface area contributed by atoms with E-state index in [9.17, 15) is 0 Å². The summed E-state index contributed by atoms with van der Waals surface area (Å²) in [5, 5.41) is 1.12. The molecule has 0 radical (unpaired) electrons. The Morgan fingerprint density at radius 3 is 3.00 bits per heavy atom. The molecule has 1 heterocycles. The van der Waals surface area contributed by atoms with Crippen molar-refractivity contribution in [1.29, 1.82) is 0 Å². The van der Waals surface area contributed by atoms with E-state index in [1.807, 2.05) is 6.07 Å². The molecule has 2 aliphatic rings. The van der Waals surface area contributed by atoms with Gasteiger partial charge in [0, 0.05) is 28.2 Å². The van der Waals surface area contributed by atoms with Crippen LogP contribution >= 0.6 is 0 Å². The summed E-state index contributed by atoms with van der Waals surface area (Å²) in [6, 6.07) is 8.27. The molecule has 0 aliphatic heterocycles. The Kier molecular flexibility index (Phi) is 2.59. The first kappa shape index (κ1) is 12.0. The first-order chi connectivity index (χ1) is 9.78. The van der Waals surface area contributed by atoms with E-state index in [-0.39, 0.29) is 0 Å². The van der Waals surface area contributed by atoms with E-state index in [0.29, 0.717) is 5.92 Å². The van der Waals surface area contributed by atoms with Crippen molar-refractivity contribution in [1.82, 2.24) is 4.98 Å². The molecule has 0 spiro atoms. The Morgan fingerprint density at radius 1 is 1.30 bits per heavy atom. The number of benzene rings is 1. The number of anilines is 1. The van der Waals surface area contributed by atoms with Crippen molar-refractivity contribution in [2.24, 2.45) is 5.92 Å². The molecule has 2 atom stereocenters. The van der Waals surface area contributed by atoms with E-state index in [4.69, 9.17) is 10.7 Å². The van der Waals surface area contributed by atoms with Crippen LogP contribution in [0.25, 0.3) is 10.9 Å². The van der Waals surface area contributed by atoms with E-state index in [1.165, 1.54) is 24.1 Å². The molecule has 102 valence electrons. The van der Waals surface area contributed by atoms with Gasteiger partial charge in [0.05, 0.1) is 5.52 Å². The van der Waals surface area contributed by atoms with Crippen LogP contribution in [0.1, 0.15) is 43.4 Å². The summed E-state index contributed by atoms with van der Waals surface area (Å²) in [7, 11) is 0. The summed E-state index contributed by atoms with van der Waals surface area (Å²) in [5.41, 5.74) is 12.7. The Morgan fingerprint density at radius 2 is 2.15 bits per heavy atom. The molecule has 1 aromatic carbocycles. The van der Waals surface area contributed by atoms with Crippen LogP contribution in [0.4, 0.5) is 5.69 Å². The molecule has 2 nitrogen and oxygen atoms in total. The van der Waals surface area contributed by atoms with Crippen molar-refractivity contribution in [3.05, 3.63) is 47.2 Å². The summed E-state index contributed by atoms with van der Waals surface area (Å²) in [6.45, 7) is 2.26. The molecule has 0 saturated heterocycles. The summed E-state index contributed by atoms with van der Waals surface area (Å²) < 4.78 is 0. The second-order valence-electron chi connectivity index (χ2n) is 6.13. The number of nitrogens with zero attached hydrogens (tertiary/aromatic N) is 1. The predicted octanol–water partition coefficient (Wildman–Crippen LogP) is 4.20. The molecule has 2 aliphatic carbocycles. The molecule has 0 amide bonds. The SMILES string of the molecule is CCC1=CC[C@H]2Cc3nc4ccccc4c(N)c3[C@@H]1C2. The van der Waals surface area contributed by atoms with E-state index in [2.05, 4.69) is 31.2 Å². The predicted molar refractivity (Wildman–Crippen MR) is 83.7 cm³/mol. The van der Waals surface area contributed by atoms with Gasteiger partial charge in [-0.3, -0.25) is 4.98 Å². The van der Waals surface area contributed by atoms with Crippen LogP contribution < -0.4 is 5.73 Å². The molecule has 20 heavy (non-hydrogen) atoms. The molecule has 2 N–H and O–H groups in total. The topological polar surface area (TPSA) is 38.9 Å². The van der Waals surface area contributed by atoms with Crippen molar-refractivity contribution in [2.45, 2.75) is 38.5 Å². The Bertz CT molecular complexity index is 715. The smallest absolute Gasteiger partial charge is 0.0726 e. The van der Waals surface area contributed by atoms with Crippen LogP contribution in [0, 0.1) is 5.92 Å². The first-order valence-electron chi connectivity index (χ1n) is 7.63. The fourth-order valence-corrected chi connectivity index (χ4v) is 4.02. The largest absolute Gasteiger partial charge is 0.398 e. The average Bonchev–Trinajstić information content (AvgIpc) is 2.47. The normalized spacial score (nSPS) is 24.4. The molecular formula is C18H20N2. The number of allylic oxidation sites excluding steroid dienone is 2. The van der Waals surface area contributed by atoms with Crippen LogP contribution in [0.2, 0.25) is 0 Å². The third-order valence-corrected chi connectivity index (χ3v) is 5.02. The summed E-state index contributed by atoms with van der Waals surface area (Å²) in [5.74, 6) is 1.27. The molecule has 0 saturated carbocycles. The van der Waals surface area contributed by atoms with Crippen LogP contribution in [-0.4, -0.2) is 4.98 Å². The molecule has 0 unspecified atom stereocenters. The molecule has 2 heteroatoms. The fraction of sp³-hybridized carbons (Fsp3) is 0.389. The zero-order chi connectivity index (χ0) is 13.7. The maximum absolute atomic E-state index is 6.52. The summed E-state index contributed by atoms with van der Waals surface area (Å²) in [4.78, 5) is 4.92. The lowest BCUT2D eigenvalue weighted by Crippen LogP contribution is -2.25. The number of aromatic nitrogens is 1. The number of nitrogens with two attached hydrogens (primary N) is 1. The minimum absolute atomic E-state index is 0.514. The van der Waals surface area contributed by atoms with Crippen molar-refractivity contribution >= 4 is 16.6 Å². The second-order valence-corrected chi connectivity index (χ2v) is 6.13.